The topological polar surface area (TPSA) is 55.6 Å². The third-order valence-corrected chi connectivity index (χ3v) is 6.91. The van der Waals surface area contributed by atoms with E-state index in [0.29, 0.717) is 13.0 Å². The van der Waals surface area contributed by atoms with E-state index in [2.05, 4.69) is 55.1 Å². The van der Waals surface area contributed by atoms with Gasteiger partial charge in [0, 0.05) is 24.7 Å². The number of piperidine rings is 1. The number of carbonyl (C=O) groups is 1. The van der Waals surface area contributed by atoms with Crippen LogP contribution in [0.5, 0.6) is 5.75 Å². The second kappa shape index (κ2) is 10.1. The predicted molar refractivity (Wildman–Crippen MR) is 134 cm³/mol. The first-order valence-electron chi connectivity index (χ1n) is 11.8. The second-order valence-corrected chi connectivity index (χ2v) is 9.77. The van der Waals surface area contributed by atoms with Crippen molar-refractivity contribution in [3.8, 4) is 5.75 Å². The van der Waals surface area contributed by atoms with Gasteiger partial charge in [-0.15, -0.1) is 0 Å². The lowest BCUT2D eigenvalue weighted by Gasteiger charge is -2.47. The molecule has 0 spiro atoms. The van der Waals surface area contributed by atoms with Gasteiger partial charge in [0.05, 0.1) is 0 Å². The molecule has 1 aliphatic heterocycles. The molecule has 0 aliphatic carbocycles. The average Bonchev–Trinajstić information content (AvgIpc) is 2.82. The Morgan fingerprint density at radius 1 is 0.970 bits per heavy atom. The standard InChI is InChI=1S/C29H34N2O2/c1-29(2)21-31(18-17-27(29)26(28(30)32)19-22-9-5-3-6-10-22)24-13-15-25(16-14-24)33-20-23-11-7-4-8-12-23/h3-16,26-27H,17-21H2,1-2H3,(H2,30,32). The number of amides is 1. The summed E-state index contributed by atoms with van der Waals surface area (Å²) in [6.45, 7) is 6.90. The van der Waals surface area contributed by atoms with Crippen molar-refractivity contribution in [2.75, 3.05) is 18.0 Å². The van der Waals surface area contributed by atoms with Gasteiger partial charge in [-0.2, -0.15) is 0 Å². The van der Waals surface area contributed by atoms with Crippen LogP contribution in [-0.4, -0.2) is 19.0 Å². The van der Waals surface area contributed by atoms with Crippen LogP contribution in [0.3, 0.4) is 0 Å². The largest absolute Gasteiger partial charge is 0.489 e. The molecule has 3 aromatic carbocycles. The van der Waals surface area contributed by atoms with Gasteiger partial charge in [-0.05, 0) is 59.6 Å². The fourth-order valence-electron chi connectivity index (χ4n) is 5.14. The molecule has 2 atom stereocenters. The van der Waals surface area contributed by atoms with E-state index in [1.807, 2.05) is 48.5 Å². The Hall–Kier alpha value is -3.27. The van der Waals surface area contributed by atoms with Gasteiger partial charge in [0.15, 0.2) is 0 Å². The maximum absolute atomic E-state index is 12.4. The molecule has 1 aliphatic rings. The number of benzene rings is 3. The Labute approximate surface area is 197 Å². The lowest BCUT2D eigenvalue weighted by atomic mass is 9.66. The highest BCUT2D eigenvalue weighted by Gasteiger charge is 2.42. The minimum atomic E-state index is -0.190. The zero-order valence-electron chi connectivity index (χ0n) is 19.6. The summed E-state index contributed by atoms with van der Waals surface area (Å²) >= 11 is 0. The maximum atomic E-state index is 12.4. The number of primary amides is 1. The Morgan fingerprint density at radius 3 is 2.15 bits per heavy atom. The van der Waals surface area contributed by atoms with E-state index >= 15 is 0 Å². The normalized spacial score (nSPS) is 18.5. The molecule has 2 N–H and O–H groups in total. The number of nitrogens with two attached hydrogens (primary N) is 1. The van der Waals surface area contributed by atoms with Gasteiger partial charge >= 0.3 is 0 Å². The molecular weight excluding hydrogens is 408 g/mol. The Kier molecular flexibility index (Phi) is 7.02. The molecular formula is C29H34N2O2. The Balaban J connectivity index is 1.40. The van der Waals surface area contributed by atoms with Crippen molar-refractivity contribution < 1.29 is 9.53 Å². The van der Waals surface area contributed by atoms with Gasteiger partial charge < -0.3 is 15.4 Å². The number of hydrogen-bond acceptors (Lipinski definition) is 3. The minimum Gasteiger partial charge on any atom is -0.489 e. The second-order valence-electron chi connectivity index (χ2n) is 9.77. The SMILES string of the molecule is CC1(C)CN(c2ccc(OCc3ccccc3)cc2)CCC1C(Cc1ccccc1)C(N)=O. The summed E-state index contributed by atoms with van der Waals surface area (Å²) in [5.41, 5.74) is 9.39. The van der Waals surface area contributed by atoms with E-state index in [0.717, 1.165) is 30.8 Å². The van der Waals surface area contributed by atoms with Crippen LogP contribution in [0.4, 0.5) is 5.69 Å². The van der Waals surface area contributed by atoms with Crippen LogP contribution in [0, 0.1) is 17.3 Å². The molecule has 0 radical (unpaired) electrons. The summed E-state index contributed by atoms with van der Waals surface area (Å²) < 4.78 is 5.94. The van der Waals surface area contributed by atoms with Crippen LogP contribution in [0.25, 0.3) is 0 Å². The smallest absolute Gasteiger partial charge is 0.221 e. The van der Waals surface area contributed by atoms with Crippen molar-refractivity contribution in [1.82, 2.24) is 0 Å². The number of rotatable bonds is 8. The molecule has 4 heteroatoms. The van der Waals surface area contributed by atoms with E-state index in [9.17, 15) is 4.79 Å². The summed E-state index contributed by atoms with van der Waals surface area (Å²) in [6.07, 6.45) is 1.65. The van der Waals surface area contributed by atoms with Crippen LogP contribution >= 0.6 is 0 Å². The molecule has 172 valence electrons. The molecule has 0 saturated carbocycles. The number of anilines is 1. The maximum Gasteiger partial charge on any atom is 0.221 e. The summed E-state index contributed by atoms with van der Waals surface area (Å²) in [7, 11) is 0. The van der Waals surface area contributed by atoms with E-state index in [1.54, 1.807) is 0 Å². The zero-order chi connectivity index (χ0) is 23.3. The highest BCUT2D eigenvalue weighted by Crippen LogP contribution is 2.42. The quantitative estimate of drug-likeness (QED) is 0.504. The van der Waals surface area contributed by atoms with Gasteiger partial charge in [0.1, 0.15) is 12.4 Å². The van der Waals surface area contributed by atoms with Crippen molar-refractivity contribution in [2.24, 2.45) is 23.0 Å². The van der Waals surface area contributed by atoms with Gasteiger partial charge in [0.2, 0.25) is 5.91 Å². The van der Waals surface area contributed by atoms with E-state index in [1.165, 1.54) is 11.3 Å². The highest BCUT2D eigenvalue weighted by atomic mass is 16.5. The van der Waals surface area contributed by atoms with E-state index in [4.69, 9.17) is 10.5 Å². The van der Waals surface area contributed by atoms with Crippen molar-refractivity contribution >= 4 is 11.6 Å². The monoisotopic (exact) mass is 442 g/mol. The van der Waals surface area contributed by atoms with Gasteiger partial charge in [-0.1, -0.05) is 74.5 Å². The third kappa shape index (κ3) is 5.75. The number of hydrogen-bond donors (Lipinski definition) is 1. The van der Waals surface area contributed by atoms with Crippen LogP contribution < -0.4 is 15.4 Å². The van der Waals surface area contributed by atoms with Crippen molar-refractivity contribution in [2.45, 2.75) is 33.3 Å². The summed E-state index contributed by atoms with van der Waals surface area (Å²) in [5, 5.41) is 0. The van der Waals surface area contributed by atoms with E-state index in [-0.39, 0.29) is 23.2 Å². The third-order valence-electron chi connectivity index (χ3n) is 6.91. The van der Waals surface area contributed by atoms with Gasteiger partial charge in [0.25, 0.3) is 0 Å². The van der Waals surface area contributed by atoms with Crippen LogP contribution in [0.1, 0.15) is 31.4 Å². The molecule has 4 rings (SSSR count). The molecule has 3 aromatic rings. The summed E-state index contributed by atoms with van der Waals surface area (Å²) in [6, 6.07) is 28.7. The van der Waals surface area contributed by atoms with Crippen molar-refractivity contribution in [3.63, 3.8) is 0 Å². The Bertz CT molecular complexity index is 1030. The molecule has 0 aromatic heterocycles. The molecule has 0 bridgehead atoms. The molecule has 1 saturated heterocycles. The lowest BCUT2D eigenvalue weighted by Crippen LogP contribution is -2.51. The first-order valence-corrected chi connectivity index (χ1v) is 11.8. The summed E-state index contributed by atoms with van der Waals surface area (Å²) in [5.74, 6) is 0.775. The molecule has 1 amide bonds. The first-order chi connectivity index (χ1) is 15.9. The fourth-order valence-corrected chi connectivity index (χ4v) is 5.14. The lowest BCUT2D eigenvalue weighted by molar-refractivity contribution is -0.125. The number of nitrogens with zero attached hydrogens (tertiary/aromatic N) is 1. The van der Waals surface area contributed by atoms with Gasteiger partial charge in [-0.25, -0.2) is 0 Å². The molecule has 2 unspecified atom stereocenters. The first kappa shape index (κ1) is 22.9. The highest BCUT2D eigenvalue weighted by molar-refractivity contribution is 5.77. The van der Waals surface area contributed by atoms with Gasteiger partial charge in [-0.3, -0.25) is 4.79 Å². The van der Waals surface area contributed by atoms with Crippen molar-refractivity contribution in [1.29, 1.82) is 0 Å². The predicted octanol–water partition coefficient (Wildman–Crippen LogP) is 5.46. The van der Waals surface area contributed by atoms with E-state index < -0.39 is 0 Å². The Morgan fingerprint density at radius 2 is 1.58 bits per heavy atom. The zero-order valence-corrected chi connectivity index (χ0v) is 19.6. The summed E-state index contributed by atoms with van der Waals surface area (Å²) in [4.78, 5) is 14.9. The number of carbonyl (C=O) groups excluding carboxylic acids is 1. The molecule has 1 fully saturated rings. The molecule has 1 heterocycles. The number of ether oxygens (including phenoxy) is 1. The van der Waals surface area contributed by atoms with Crippen LogP contribution in [0.2, 0.25) is 0 Å². The molecule has 4 nitrogen and oxygen atoms in total. The van der Waals surface area contributed by atoms with Crippen LogP contribution in [-0.2, 0) is 17.8 Å². The molecule has 33 heavy (non-hydrogen) atoms. The average molecular weight is 443 g/mol. The minimum absolute atomic E-state index is 0.0325. The van der Waals surface area contributed by atoms with Crippen LogP contribution in [0.15, 0.2) is 84.9 Å². The van der Waals surface area contributed by atoms with Crippen molar-refractivity contribution in [3.05, 3.63) is 96.1 Å². The fraction of sp³-hybridized carbons (Fsp3) is 0.345.